The van der Waals surface area contributed by atoms with Gasteiger partial charge in [0.1, 0.15) is 6.04 Å². The molecule has 1 saturated heterocycles. The zero-order chi connectivity index (χ0) is 26.7. The van der Waals surface area contributed by atoms with Gasteiger partial charge in [-0.05, 0) is 52.4 Å². The van der Waals surface area contributed by atoms with Crippen LogP contribution in [0.4, 0.5) is 0 Å². The van der Waals surface area contributed by atoms with Gasteiger partial charge in [-0.2, -0.15) is 0 Å². The Morgan fingerprint density at radius 1 is 0.789 bits per heavy atom. The van der Waals surface area contributed by atoms with Crippen LogP contribution in [0.5, 0.6) is 0 Å². The van der Waals surface area contributed by atoms with Gasteiger partial charge in [0.15, 0.2) is 12.4 Å². The molecular formula is C31H26ClNO5. The Hall–Kier alpha value is -3.77. The first-order chi connectivity index (χ1) is 18.3. The Bertz CT molecular complexity index is 1360. The molecule has 1 heterocycles. The highest BCUT2D eigenvalue weighted by Crippen LogP contribution is 2.61. The molecule has 0 radical (unpaired) electrons. The number of rotatable bonds is 6. The molecule has 3 aliphatic carbocycles. The van der Waals surface area contributed by atoms with Crippen LogP contribution in [0.15, 0.2) is 72.8 Å². The molecule has 2 amide bonds. The molecule has 1 aliphatic heterocycles. The average molecular weight is 528 g/mol. The maximum atomic E-state index is 14.0. The summed E-state index contributed by atoms with van der Waals surface area (Å²) in [4.78, 5) is 55.1. The Labute approximate surface area is 225 Å². The second-order valence-electron chi connectivity index (χ2n) is 10.5. The van der Waals surface area contributed by atoms with E-state index in [1.807, 2.05) is 48.5 Å². The normalized spacial score (nSPS) is 23.6. The highest BCUT2D eigenvalue weighted by molar-refractivity contribution is 6.30. The molecule has 3 aromatic rings. The van der Waals surface area contributed by atoms with Crippen LogP contribution in [0.2, 0.25) is 5.02 Å². The fraction of sp³-hybridized carbons (Fsp3) is 0.290. The number of benzene rings is 3. The molecule has 0 saturated carbocycles. The van der Waals surface area contributed by atoms with E-state index in [0.29, 0.717) is 10.6 Å². The van der Waals surface area contributed by atoms with Crippen LogP contribution in [-0.2, 0) is 19.1 Å². The lowest BCUT2D eigenvalue weighted by Gasteiger charge is -2.45. The fourth-order valence-electron chi connectivity index (χ4n) is 6.59. The highest BCUT2D eigenvalue weighted by atomic mass is 35.5. The molecule has 0 spiro atoms. The lowest BCUT2D eigenvalue weighted by Crippen LogP contribution is -2.49. The lowest BCUT2D eigenvalue weighted by molar-refractivity contribution is -0.160. The Morgan fingerprint density at radius 2 is 1.24 bits per heavy atom. The molecule has 192 valence electrons. The summed E-state index contributed by atoms with van der Waals surface area (Å²) >= 11 is 5.89. The summed E-state index contributed by atoms with van der Waals surface area (Å²) in [5.74, 6) is -3.92. The fourth-order valence-corrected chi connectivity index (χ4v) is 6.72. The SMILES string of the molecule is CC(C)[C@H](C(=O)OCC(=O)c1ccc(Cl)cc1)N1C(=O)[C@@H]2C3c4ccccc4C(c4ccccc43)[C@@H]2C1=O. The molecule has 0 aromatic heterocycles. The van der Waals surface area contributed by atoms with Crippen LogP contribution in [0.3, 0.4) is 0 Å². The summed E-state index contributed by atoms with van der Waals surface area (Å²) in [7, 11) is 0. The molecule has 4 aliphatic rings. The monoisotopic (exact) mass is 527 g/mol. The van der Waals surface area contributed by atoms with Crippen LogP contribution in [0, 0.1) is 17.8 Å². The zero-order valence-corrected chi connectivity index (χ0v) is 21.7. The summed E-state index contributed by atoms with van der Waals surface area (Å²) in [6, 6.07) is 21.2. The molecular weight excluding hydrogens is 502 g/mol. The van der Waals surface area contributed by atoms with Gasteiger partial charge in [0.05, 0.1) is 11.8 Å². The lowest BCUT2D eigenvalue weighted by atomic mass is 9.55. The van der Waals surface area contributed by atoms with Crippen LogP contribution >= 0.6 is 11.6 Å². The summed E-state index contributed by atoms with van der Waals surface area (Å²) < 4.78 is 5.40. The quantitative estimate of drug-likeness (QED) is 0.256. The number of esters is 1. The van der Waals surface area contributed by atoms with Crippen LogP contribution in [0.1, 0.15) is 58.3 Å². The van der Waals surface area contributed by atoms with Gasteiger partial charge in [0.25, 0.3) is 0 Å². The number of amides is 2. The average Bonchev–Trinajstić information content (AvgIpc) is 3.18. The number of carbonyl (C=O) groups excluding carboxylic acids is 4. The van der Waals surface area contributed by atoms with E-state index in [0.717, 1.165) is 27.2 Å². The standard InChI is InChI=1S/C31H26ClNO5/c1-16(2)28(31(37)38-15-23(34)17-11-13-18(32)14-12-17)33-29(35)26-24-19-7-3-4-8-20(19)25(27(26)30(33)36)22-10-6-5-9-21(22)24/h3-14,16,24-28H,15H2,1-2H3/t24?,25?,26-,27+,28-/m1/s1. The van der Waals surface area contributed by atoms with Crippen molar-refractivity contribution in [3.63, 3.8) is 0 Å². The van der Waals surface area contributed by atoms with E-state index in [1.54, 1.807) is 38.1 Å². The van der Waals surface area contributed by atoms with Gasteiger partial charge in [0.2, 0.25) is 11.8 Å². The molecule has 38 heavy (non-hydrogen) atoms. The van der Waals surface area contributed by atoms with Gasteiger partial charge in [0, 0.05) is 22.4 Å². The van der Waals surface area contributed by atoms with E-state index in [-0.39, 0.29) is 23.7 Å². The Morgan fingerprint density at radius 3 is 1.66 bits per heavy atom. The first-order valence-corrected chi connectivity index (χ1v) is 13.2. The second-order valence-corrected chi connectivity index (χ2v) is 11.0. The van der Waals surface area contributed by atoms with Crippen LogP contribution in [0.25, 0.3) is 0 Å². The molecule has 3 aromatic carbocycles. The molecule has 1 fully saturated rings. The van der Waals surface area contributed by atoms with Crippen molar-refractivity contribution in [2.45, 2.75) is 31.7 Å². The Kier molecular flexibility index (Phi) is 5.95. The topological polar surface area (TPSA) is 80.8 Å². The number of halogens is 1. The van der Waals surface area contributed by atoms with Gasteiger partial charge in [-0.1, -0.05) is 74.0 Å². The molecule has 7 heteroatoms. The number of hydrogen-bond donors (Lipinski definition) is 0. The van der Waals surface area contributed by atoms with Gasteiger partial charge >= 0.3 is 5.97 Å². The number of ether oxygens (including phenoxy) is 1. The van der Waals surface area contributed by atoms with E-state index in [1.165, 1.54) is 0 Å². The minimum absolute atomic E-state index is 0.255. The number of nitrogens with zero attached hydrogens (tertiary/aromatic N) is 1. The van der Waals surface area contributed by atoms with Gasteiger partial charge in [-0.3, -0.25) is 19.3 Å². The molecule has 7 rings (SSSR count). The number of imide groups is 1. The van der Waals surface area contributed by atoms with Gasteiger partial charge in [-0.15, -0.1) is 0 Å². The maximum Gasteiger partial charge on any atom is 0.330 e. The molecule has 6 nitrogen and oxygen atoms in total. The van der Waals surface area contributed by atoms with Crippen molar-refractivity contribution in [1.82, 2.24) is 4.90 Å². The van der Waals surface area contributed by atoms with Crippen molar-refractivity contribution in [2.24, 2.45) is 17.8 Å². The molecule has 2 bridgehead atoms. The highest BCUT2D eigenvalue weighted by Gasteiger charge is 2.63. The van der Waals surface area contributed by atoms with Crippen molar-refractivity contribution < 1.29 is 23.9 Å². The van der Waals surface area contributed by atoms with E-state index in [9.17, 15) is 19.2 Å². The van der Waals surface area contributed by atoms with E-state index >= 15 is 0 Å². The van der Waals surface area contributed by atoms with Crippen LogP contribution < -0.4 is 0 Å². The second kappa shape index (κ2) is 9.21. The first kappa shape index (κ1) is 24.6. The number of Topliss-reactive ketones (excluding diaryl/α,β-unsaturated/α-hetero) is 1. The largest absolute Gasteiger partial charge is 0.456 e. The molecule has 0 N–H and O–H groups in total. The minimum Gasteiger partial charge on any atom is -0.456 e. The summed E-state index contributed by atoms with van der Waals surface area (Å²) in [6.45, 7) is 3.05. The van der Waals surface area contributed by atoms with E-state index < -0.39 is 42.2 Å². The summed E-state index contributed by atoms with van der Waals surface area (Å²) in [5, 5.41) is 0.490. The summed E-state index contributed by atoms with van der Waals surface area (Å²) in [6.07, 6.45) is 0. The zero-order valence-electron chi connectivity index (χ0n) is 21.0. The molecule has 0 unspecified atom stereocenters. The van der Waals surface area contributed by atoms with Crippen molar-refractivity contribution >= 4 is 35.2 Å². The van der Waals surface area contributed by atoms with Crippen molar-refractivity contribution in [3.8, 4) is 0 Å². The van der Waals surface area contributed by atoms with Crippen molar-refractivity contribution in [2.75, 3.05) is 6.61 Å². The number of hydrogen-bond acceptors (Lipinski definition) is 5. The third kappa shape index (κ3) is 3.62. The third-order valence-corrected chi connectivity index (χ3v) is 8.40. The van der Waals surface area contributed by atoms with Gasteiger partial charge < -0.3 is 4.74 Å². The van der Waals surface area contributed by atoms with Gasteiger partial charge in [-0.25, -0.2) is 4.79 Å². The number of likely N-dealkylation sites (tertiary alicyclic amines) is 1. The number of carbonyl (C=O) groups is 4. The van der Waals surface area contributed by atoms with Crippen LogP contribution in [-0.4, -0.2) is 41.1 Å². The predicted octanol–water partition coefficient (Wildman–Crippen LogP) is 4.98. The number of ketones is 1. The van der Waals surface area contributed by atoms with E-state index in [4.69, 9.17) is 16.3 Å². The van der Waals surface area contributed by atoms with Crippen molar-refractivity contribution in [1.29, 1.82) is 0 Å². The smallest absolute Gasteiger partial charge is 0.330 e. The minimum atomic E-state index is -1.12. The van der Waals surface area contributed by atoms with Crippen molar-refractivity contribution in [3.05, 3.63) is 106 Å². The maximum absolute atomic E-state index is 14.0. The first-order valence-electron chi connectivity index (χ1n) is 12.8. The predicted molar refractivity (Wildman–Crippen MR) is 141 cm³/mol. The Balaban J connectivity index is 1.31. The molecule has 3 atom stereocenters. The van der Waals surface area contributed by atoms with E-state index in [2.05, 4.69) is 0 Å². The summed E-state index contributed by atoms with van der Waals surface area (Å²) in [5.41, 5.74) is 4.63. The third-order valence-electron chi connectivity index (χ3n) is 8.15.